The molecule has 0 saturated carbocycles. The van der Waals surface area contributed by atoms with E-state index in [4.69, 9.17) is 4.42 Å². The second-order valence-electron chi connectivity index (χ2n) is 5.44. The Balaban J connectivity index is 1.85. The van der Waals surface area contributed by atoms with Crippen LogP contribution in [0.1, 0.15) is 18.6 Å². The van der Waals surface area contributed by atoms with Gasteiger partial charge in [0.05, 0.1) is 6.54 Å². The summed E-state index contributed by atoms with van der Waals surface area (Å²) in [7, 11) is -7.07. The fraction of sp³-hybridized carbons (Fsp3) is 0.462. The summed E-state index contributed by atoms with van der Waals surface area (Å²) in [6.07, 6.45) is 5.64. The van der Waals surface area contributed by atoms with E-state index < -0.39 is 19.9 Å². The molecule has 0 N–H and O–H groups in total. The second-order valence-corrected chi connectivity index (χ2v) is 9.22. The maximum absolute atomic E-state index is 12.4. The summed E-state index contributed by atoms with van der Waals surface area (Å²) in [4.78, 5) is 3.81. The minimum absolute atomic E-state index is 0.0853. The van der Waals surface area contributed by atoms with Crippen molar-refractivity contribution in [3.63, 3.8) is 0 Å². The molecule has 0 unspecified atom stereocenters. The van der Waals surface area contributed by atoms with Crippen molar-refractivity contribution in [3.8, 4) is 0 Å². The van der Waals surface area contributed by atoms with Crippen LogP contribution in [0.2, 0.25) is 0 Å². The number of furan rings is 1. The van der Waals surface area contributed by atoms with Crippen molar-refractivity contribution in [1.29, 1.82) is 0 Å². The third kappa shape index (κ3) is 3.19. The van der Waals surface area contributed by atoms with Crippen LogP contribution in [0.25, 0.3) is 0 Å². The Morgan fingerprint density at radius 2 is 1.87 bits per heavy atom. The van der Waals surface area contributed by atoms with Crippen molar-refractivity contribution in [2.75, 3.05) is 19.3 Å². The van der Waals surface area contributed by atoms with Gasteiger partial charge in [-0.1, -0.05) is 0 Å². The van der Waals surface area contributed by atoms with Crippen LogP contribution in [0.5, 0.6) is 0 Å². The summed E-state index contributed by atoms with van der Waals surface area (Å²) in [5.74, 6) is 0.352. The molecule has 10 heteroatoms. The van der Waals surface area contributed by atoms with E-state index >= 15 is 0 Å². The Hall–Kier alpha value is -1.65. The zero-order chi connectivity index (χ0) is 16.7. The van der Waals surface area contributed by atoms with Gasteiger partial charge in [-0.15, -0.1) is 0 Å². The highest BCUT2D eigenvalue weighted by Gasteiger charge is 2.30. The van der Waals surface area contributed by atoms with Gasteiger partial charge in [-0.3, -0.25) is 0 Å². The van der Waals surface area contributed by atoms with Gasteiger partial charge in [-0.05, 0) is 25.0 Å². The van der Waals surface area contributed by atoms with Crippen molar-refractivity contribution in [1.82, 2.24) is 13.9 Å². The summed E-state index contributed by atoms with van der Waals surface area (Å²) in [5, 5.41) is -0.201. The molecule has 1 saturated heterocycles. The highest BCUT2D eigenvalue weighted by molar-refractivity contribution is 7.90. The summed E-state index contributed by atoms with van der Waals surface area (Å²) in [5.41, 5.74) is 0. The molecule has 0 atom stereocenters. The highest BCUT2D eigenvalue weighted by Crippen LogP contribution is 2.23. The van der Waals surface area contributed by atoms with E-state index in [1.165, 1.54) is 33.4 Å². The number of hydrogen-bond donors (Lipinski definition) is 0. The first-order valence-corrected chi connectivity index (χ1v) is 10.4. The number of sulfonamides is 1. The van der Waals surface area contributed by atoms with Crippen LogP contribution in [-0.4, -0.2) is 50.0 Å². The van der Waals surface area contributed by atoms with Crippen molar-refractivity contribution in [3.05, 3.63) is 30.3 Å². The number of nitrogens with zero attached hydrogens (tertiary/aromatic N) is 3. The molecular weight excluding hydrogens is 342 g/mol. The molecule has 3 rings (SSSR count). The predicted molar refractivity (Wildman–Crippen MR) is 81.1 cm³/mol. The Kier molecular flexibility index (Phi) is 4.07. The van der Waals surface area contributed by atoms with Crippen LogP contribution < -0.4 is 0 Å². The lowest BCUT2D eigenvalue weighted by molar-refractivity contribution is 0.381. The van der Waals surface area contributed by atoms with E-state index in [1.807, 2.05) is 0 Å². The fourth-order valence-corrected chi connectivity index (χ4v) is 4.80. The van der Waals surface area contributed by atoms with Crippen molar-refractivity contribution < 1.29 is 21.3 Å². The summed E-state index contributed by atoms with van der Waals surface area (Å²) in [6.45, 7) is 1.09. The average molecular weight is 359 g/mol. The van der Waals surface area contributed by atoms with E-state index in [2.05, 4.69) is 4.98 Å². The molecule has 0 aliphatic carbocycles. The number of sulfone groups is 1. The van der Waals surface area contributed by atoms with Gasteiger partial charge in [0, 0.05) is 31.7 Å². The van der Waals surface area contributed by atoms with E-state index in [-0.39, 0.29) is 16.8 Å². The molecule has 8 nitrogen and oxygen atoms in total. The fourth-order valence-electron chi connectivity index (χ4n) is 2.55. The first-order valence-electron chi connectivity index (χ1n) is 7.08. The standard InChI is InChI=1S/C13H17N3O5S2/c1-22(17,18)13-14-6-9-15(13)10-11-4-5-12(21-11)23(19,20)16-7-2-3-8-16/h4-6,9H,2-3,7-8,10H2,1H3. The second kappa shape index (κ2) is 5.77. The first kappa shape index (κ1) is 16.2. The topological polar surface area (TPSA) is 102 Å². The van der Waals surface area contributed by atoms with Crippen molar-refractivity contribution >= 4 is 19.9 Å². The Morgan fingerprint density at radius 3 is 2.52 bits per heavy atom. The van der Waals surface area contributed by atoms with E-state index in [0.29, 0.717) is 18.8 Å². The van der Waals surface area contributed by atoms with Gasteiger partial charge in [0.25, 0.3) is 10.0 Å². The van der Waals surface area contributed by atoms with Gasteiger partial charge in [0.15, 0.2) is 0 Å². The normalized spacial score (nSPS) is 16.9. The molecule has 1 aliphatic rings. The van der Waals surface area contributed by atoms with Crippen LogP contribution >= 0.6 is 0 Å². The van der Waals surface area contributed by atoms with Crippen LogP contribution in [0.4, 0.5) is 0 Å². The molecule has 0 amide bonds. The Labute approximate surface area is 134 Å². The largest absolute Gasteiger partial charge is 0.446 e. The maximum Gasteiger partial charge on any atom is 0.276 e. The van der Waals surface area contributed by atoms with Gasteiger partial charge >= 0.3 is 0 Å². The third-order valence-corrected chi connectivity index (χ3v) is 6.41. The molecule has 0 bridgehead atoms. The summed E-state index contributed by atoms with van der Waals surface area (Å²) in [6, 6.07) is 2.94. The van der Waals surface area contributed by atoms with Gasteiger partial charge in [-0.25, -0.2) is 21.8 Å². The summed E-state index contributed by atoms with van der Waals surface area (Å²) >= 11 is 0. The van der Waals surface area contributed by atoms with Crippen LogP contribution in [0.3, 0.4) is 0 Å². The smallest absolute Gasteiger partial charge is 0.276 e. The SMILES string of the molecule is CS(=O)(=O)c1nccn1Cc1ccc(S(=O)(=O)N2CCCC2)o1. The first-order chi connectivity index (χ1) is 10.8. The molecule has 0 aromatic carbocycles. The van der Waals surface area contributed by atoms with E-state index in [1.54, 1.807) is 0 Å². The predicted octanol–water partition coefficient (Wildman–Crippen LogP) is 0.712. The average Bonchev–Trinajstić information content (AvgIpc) is 3.20. The zero-order valence-corrected chi connectivity index (χ0v) is 14.2. The number of hydrogen-bond acceptors (Lipinski definition) is 6. The monoisotopic (exact) mass is 359 g/mol. The van der Waals surface area contributed by atoms with E-state index in [9.17, 15) is 16.8 Å². The van der Waals surface area contributed by atoms with Gasteiger partial charge < -0.3 is 8.98 Å². The lowest BCUT2D eigenvalue weighted by atomic mass is 10.4. The van der Waals surface area contributed by atoms with Gasteiger partial charge in [0.2, 0.25) is 20.1 Å². The van der Waals surface area contributed by atoms with Crippen LogP contribution in [0, 0.1) is 0 Å². The quantitative estimate of drug-likeness (QED) is 0.779. The molecule has 0 radical (unpaired) electrons. The lowest BCUT2D eigenvalue weighted by Gasteiger charge is -2.12. The Bertz CT molecular complexity index is 905. The molecule has 0 spiro atoms. The molecule has 3 heterocycles. The maximum atomic E-state index is 12.4. The zero-order valence-electron chi connectivity index (χ0n) is 12.5. The van der Waals surface area contributed by atoms with Crippen LogP contribution in [0.15, 0.2) is 39.2 Å². The minimum Gasteiger partial charge on any atom is -0.446 e. The molecule has 2 aromatic rings. The highest BCUT2D eigenvalue weighted by atomic mass is 32.2. The lowest BCUT2D eigenvalue weighted by Crippen LogP contribution is -2.27. The molecule has 1 fully saturated rings. The molecule has 23 heavy (non-hydrogen) atoms. The summed E-state index contributed by atoms with van der Waals surface area (Å²) < 4.78 is 56.3. The van der Waals surface area contributed by atoms with Crippen molar-refractivity contribution in [2.24, 2.45) is 0 Å². The number of rotatable bonds is 5. The van der Waals surface area contributed by atoms with E-state index in [0.717, 1.165) is 19.1 Å². The molecule has 126 valence electrons. The molecule has 2 aromatic heterocycles. The van der Waals surface area contributed by atoms with Gasteiger partial charge in [-0.2, -0.15) is 4.31 Å². The third-order valence-electron chi connectivity index (χ3n) is 3.63. The van der Waals surface area contributed by atoms with Crippen LogP contribution in [-0.2, 0) is 26.4 Å². The minimum atomic E-state index is -3.61. The molecular formula is C13H17N3O5S2. The number of imidazole rings is 1. The Morgan fingerprint density at radius 1 is 1.17 bits per heavy atom. The van der Waals surface area contributed by atoms with Gasteiger partial charge in [0.1, 0.15) is 5.76 Å². The molecule has 1 aliphatic heterocycles. The number of aromatic nitrogens is 2. The van der Waals surface area contributed by atoms with Crippen molar-refractivity contribution in [2.45, 2.75) is 29.6 Å².